The van der Waals surface area contributed by atoms with Crippen molar-refractivity contribution in [1.82, 2.24) is 0 Å². The van der Waals surface area contributed by atoms with Gasteiger partial charge in [0.1, 0.15) is 5.75 Å². The van der Waals surface area contributed by atoms with Crippen LogP contribution in [0.1, 0.15) is 29.0 Å². The highest BCUT2D eigenvalue weighted by Gasteiger charge is 2.21. The molecule has 1 unspecified atom stereocenters. The standard InChI is InChI=1S/C18H19ClO3/c1-12-6-7-13(2)17(10-12)16(18(20)21)8-9-22-15-5-3-4-14(19)11-15/h3-7,10-11,16H,8-9H2,1-2H3,(H,20,21). The van der Waals surface area contributed by atoms with Crippen LogP contribution in [0.4, 0.5) is 0 Å². The lowest BCUT2D eigenvalue weighted by Gasteiger charge is -2.16. The fourth-order valence-electron chi connectivity index (χ4n) is 2.40. The van der Waals surface area contributed by atoms with Gasteiger partial charge in [0.25, 0.3) is 0 Å². The Kier molecular flexibility index (Phi) is 5.45. The molecule has 2 aromatic carbocycles. The normalized spacial score (nSPS) is 12.0. The first kappa shape index (κ1) is 16.4. The maximum absolute atomic E-state index is 11.6. The average Bonchev–Trinajstić information content (AvgIpc) is 2.46. The van der Waals surface area contributed by atoms with Gasteiger partial charge in [-0.3, -0.25) is 4.79 Å². The minimum Gasteiger partial charge on any atom is -0.494 e. The largest absolute Gasteiger partial charge is 0.494 e. The van der Waals surface area contributed by atoms with Gasteiger partial charge in [-0.05, 0) is 49.6 Å². The predicted molar refractivity (Wildman–Crippen MR) is 87.9 cm³/mol. The minimum absolute atomic E-state index is 0.324. The number of carboxylic acids is 1. The lowest BCUT2D eigenvalue weighted by atomic mass is 9.91. The van der Waals surface area contributed by atoms with Crippen LogP contribution in [-0.2, 0) is 4.79 Å². The van der Waals surface area contributed by atoms with E-state index in [1.807, 2.05) is 32.0 Å². The van der Waals surface area contributed by atoms with E-state index in [9.17, 15) is 9.90 Å². The Bertz CT molecular complexity index is 667. The van der Waals surface area contributed by atoms with Crippen molar-refractivity contribution in [3.63, 3.8) is 0 Å². The first-order chi connectivity index (χ1) is 10.5. The van der Waals surface area contributed by atoms with Gasteiger partial charge in [0.15, 0.2) is 0 Å². The number of hydrogen-bond donors (Lipinski definition) is 1. The Morgan fingerprint density at radius 2 is 2.00 bits per heavy atom. The smallest absolute Gasteiger partial charge is 0.311 e. The van der Waals surface area contributed by atoms with Gasteiger partial charge in [-0.1, -0.05) is 41.4 Å². The summed E-state index contributed by atoms with van der Waals surface area (Å²) in [4.78, 5) is 11.6. The zero-order valence-electron chi connectivity index (χ0n) is 12.7. The van der Waals surface area contributed by atoms with E-state index in [1.165, 1.54) is 0 Å². The molecule has 1 atom stereocenters. The monoisotopic (exact) mass is 318 g/mol. The topological polar surface area (TPSA) is 46.5 Å². The third-order valence-electron chi connectivity index (χ3n) is 3.58. The summed E-state index contributed by atoms with van der Waals surface area (Å²) in [5, 5.41) is 10.1. The fraction of sp³-hybridized carbons (Fsp3) is 0.278. The van der Waals surface area contributed by atoms with E-state index in [-0.39, 0.29) is 0 Å². The van der Waals surface area contributed by atoms with Crippen LogP contribution in [0.25, 0.3) is 0 Å². The number of aryl methyl sites for hydroxylation is 2. The second kappa shape index (κ2) is 7.32. The van der Waals surface area contributed by atoms with Crippen molar-refractivity contribution in [3.05, 3.63) is 64.2 Å². The Hall–Kier alpha value is -2.00. The Labute approximate surface area is 135 Å². The quantitative estimate of drug-likeness (QED) is 0.847. The number of carboxylic acid groups (broad SMARTS) is 1. The number of aliphatic carboxylic acids is 1. The summed E-state index contributed by atoms with van der Waals surface area (Å²) in [7, 11) is 0. The Morgan fingerprint density at radius 1 is 1.23 bits per heavy atom. The summed E-state index contributed by atoms with van der Waals surface area (Å²) in [6.07, 6.45) is 0.409. The molecule has 0 spiro atoms. The SMILES string of the molecule is Cc1ccc(C)c(C(CCOc2cccc(Cl)c2)C(=O)O)c1. The second-order valence-corrected chi connectivity index (χ2v) is 5.78. The third-order valence-corrected chi connectivity index (χ3v) is 3.81. The summed E-state index contributed by atoms with van der Waals surface area (Å²) in [6, 6.07) is 13.0. The first-order valence-corrected chi connectivity index (χ1v) is 7.53. The molecule has 2 rings (SSSR count). The fourth-order valence-corrected chi connectivity index (χ4v) is 2.58. The van der Waals surface area contributed by atoms with Crippen LogP contribution in [0.2, 0.25) is 5.02 Å². The molecule has 0 aromatic heterocycles. The van der Waals surface area contributed by atoms with Crippen LogP contribution in [0.15, 0.2) is 42.5 Å². The van der Waals surface area contributed by atoms with Crippen molar-refractivity contribution in [2.75, 3.05) is 6.61 Å². The molecule has 0 saturated heterocycles. The van der Waals surface area contributed by atoms with E-state index in [1.54, 1.807) is 24.3 Å². The van der Waals surface area contributed by atoms with Crippen LogP contribution >= 0.6 is 11.6 Å². The average molecular weight is 319 g/mol. The molecule has 0 saturated carbocycles. The van der Waals surface area contributed by atoms with Gasteiger partial charge in [0, 0.05) is 5.02 Å². The summed E-state index contributed by atoms with van der Waals surface area (Å²) in [5.41, 5.74) is 2.89. The third kappa shape index (κ3) is 4.25. The molecule has 0 bridgehead atoms. The molecule has 0 amide bonds. The van der Waals surface area contributed by atoms with Crippen LogP contribution in [0, 0.1) is 13.8 Å². The molecule has 0 aliphatic heterocycles. The van der Waals surface area contributed by atoms with Crippen LogP contribution in [0.5, 0.6) is 5.75 Å². The molecule has 4 heteroatoms. The van der Waals surface area contributed by atoms with E-state index in [2.05, 4.69) is 0 Å². The Morgan fingerprint density at radius 3 is 2.68 bits per heavy atom. The van der Waals surface area contributed by atoms with E-state index in [4.69, 9.17) is 16.3 Å². The first-order valence-electron chi connectivity index (χ1n) is 7.15. The zero-order valence-corrected chi connectivity index (χ0v) is 13.4. The molecule has 1 N–H and O–H groups in total. The maximum Gasteiger partial charge on any atom is 0.311 e. The van der Waals surface area contributed by atoms with Crippen molar-refractivity contribution in [2.45, 2.75) is 26.2 Å². The number of rotatable bonds is 6. The van der Waals surface area contributed by atoms with Crippen molar-refractivity contribution in [1.29, 1.82) is 0 Å². The lowest BCUT2D eigenvalue weighted by Crippen LogP contribution is -2.16. The van der Waals surface area contributed by atoms with E-state index >= 15 is 0 Å². The molecule has 116 valence electrons. The molecule has 0 heterocycles. The van der Waals surface area contributed by atoms with Gasteiger partial charge >= 0.3 is 5.97 Å². The number of carbonyl (C=O) groups is 1. The second-order valence-electron chi connectivity index (χ2n) is 5.35. The molecule has 0 aliphatic rings. The van der Waals surface area contributed by atoms with Crippen LogP contribution in [0.3, 0.4) is 0 Å². The van der Waals surface area contributed by atoms with Gasteiger partial charge in [-0.15, -0.1) is 0 Å². The Balaban J connectivity index is 2.06. The summed E-state index contributed by atoms with van der Waals surface area (Å²) < 4.78 is 5.61. The van der Waals surface area contributed by atoms with Crippen LogP contribution < -0.4 is 4.74 Å². The van der Waals surface area contributed by atoms with Gasteiger partial charge in [-0.25, -0.2) is 0 Å². The van der Waals surface area contributed by atoms with Crippen molar-refractivity contribution in [2.24, 2.45) is 0 Å². The molecule has 0 radical (unpaired) electrons. The summed E-state index contributed by atoms with van der Waals surface area (Å²) >= 11 is 5.90. The highest BCUT2D eigenvalue weighted by molar-refractivity contribution is 6.30. The van der Waals surface area contributed by atoms with Gasteiger partial charge in [0.2, 0.25) is 0 Å². The lowest BCUT2D eigenvalue weighted by molar-refractivity contribution is -0.139. The summed E-state index contributed by atoms with van der Waals surface area (Å²) in [5.74, 6) is -0.750. The minimum atomic E-state index is -0.830. The number of benzene rings is 2. The number of hydrogen-bond acceptors (Lipinski definition) is 2. The van der Waals surface area contributed by atoms with Crippen LogP contribution in [-0.4, -0.2) is 17.7 Å². The van der Waals surface area contributed by atoms with Gasteiger partial charge in [0.05, 0.1) is 12.5 Å². The predicted octanol–water partition coefficient (Wildman–Crippen LogP) is 4.59. The van der Waals surface area contributed by atoms with Crippen molar-refractivity contribution < 1.29 is 14.6 Å². The zero-order chi connectivity index (χ0) is 16.1. The molecule has 22 heavy (non-hydrogen) atoms. The van der Waals surface area contributed by atoms with E-state index in [0.717, 1.165) is 16.7 Å². The molecule has 3 nitrogen and oxygen atoms in total. The molecule has 0 fully saturated rings. The van der Waals surface area contributed by atoms with E-state index in [0.29, 0.717) is 23.8 Å². The maximum atomic E-state index is 11.6. The van der Waals surface area contributed by atoms with Crippen molar-refractivity contribution >= 4 is 17.6 Å². The van der Waals surface area contributed by atoms with Gasteiger partial charge < -0.3 is 9.84 Å². The molecule has 0 aliphatic carbocycles. The highest BCUT2D eigenvalue weighted by atomic mass is 35.5. The summed E-state index contributed by atoms with van der Waals surface area (Å²) in [6.45, 7) is 4.22. The molecule has 2 aromatic rings. The van der Waals surface area contributed by atoms with Crippen molar-refractivity contribution in [3.8, 4) is 5.75 Å². The number of ether oxygens (including phenoxy) is 1. The number of halogens is 1. The van der Waals surface area contributed by atoms with E-state index < -0.39 is 11.9 Å². The molecular formula is C18H19ClO3. The highest BCUT2D eigenvalue weighted by Crippen LogP contribution is 2.25. The van der Waals surface area contributed by atoms with Gasteiger partial charge in [-0.2, -0.15) is 0 Å². The molecular weight excluding hydrogens is 300 g/mol.